The van der Waals surface area contributed by atoms with Crippen molar-refractivity contribution >= 4 is 16.6 Å². The molecule has 3 aromatic carbocycles. The predicted molar refractivity (Wildman–Crippen MR) is 143 cm³/mol. The highest BCUT2D eigenvalue weighted by atomic mass is 19.4. The van der Waals surface area contributed by atoms with Gasteiger partial charge in [0.25, 0.3) is 0 Å². The fraction of sp³-hybridized carbons (Fsp3) is 0.367. The van der Waals surface area contributed by atoms with E-state index in [1.165, 1.54) is 19.2 Å². The van der Waals surface area contributed by atoms with Crippen molar-refractivity contribution < 1.29 is 27.4 Å². The van der Waals surface area contributed by atoms with Crippen molar-refractivity contribution in [2.24, 2.45) is 0 Å². The quantitative estimate of drug-likeness (QED) is 0.258. The second-order valence-electron chi connectivity index (χ2n) is 11.1. The summed E-state index contributed by atoms with van der Waals surface area (Å²) in [6.45, 7) is 7.42. The van der Waals surface area contributed by atoms with Gasteiger partial charge in [-0.25, -0.2) is 9.07 Å². The van der Waals surface area contributed by atoms with Gasteiger partial charge in [0.1, 0.15) is 11.6 Å². The van der Waals surface area contributed by atoms with Gasteiger partial charge in [-0.05, 0) is 65.3 Å². The highest BCUT2D eigenvalue weighted by molar-refractivity contribution is 5.92. The maximum absolute atomic E-state index is 14.7. The summed E-state index contributed by atoms with van der Waals surface area (Å²) in [5.41, 5.74) is -0.630. The average molecular weight is 542 g/mol. The van der Waals surface area contributed by atoms with Crippen LogP contribution >= 0.6 is 0 Å². The number of alkyl halides is 3. The summed E-state index contributed by atoms with van der Waals surface area (Å²) < 4.78 is 65.0. The highest BCUT2D eigenvalue weighted by Crippen LogP contribution is 2.57. The van der Waals surface area contributed by atoms with Crippen LogP contribution in [0.5, 0.6) is 5.75 Å². The predicted octanol–water partition coefficient (Wildman–Crippen LogP) is 7.42. The minimum atomic E-state index is -4.92. The summed E-state index contributed by atoms with van der Waals surface area (Å²) in [6, 6.07) is 12.8. The Balaban J connectivity index is 1.70. The Kier molecular flexibility index (Phi) is 6.41. The molecule has 2 unspecified atom stereocenters. The van der Waals surface area contributed by atoms with E-state index in [0.29, 0.717) is 39.2 Å². The molecule has 206 valence electrons. The van der Waals surface area contributed by atoms with Crippen LogP contribution in [0.25, 0.3) is 16.6 Å². The van der Waals surface area contributed by atoms with Gasteiger partial charge >= 0.3 is 6.18 Å². The van der Waals surface area contributed by atoms with Gasteiger partial charge in [-0.1, -0.05) is 45.9 Å². The van der Waals surface area contributed by atoms with Crippen molar-refractivity contribution in [3.05, 3.63) is 83.3 Å². The highest BCUT2D eigenvalue weighted by Gasteiger charge is 2.64. The van der Waals surface area contributed by atoms with E-state index in [4.69, 9.17) is 4.74 Å². The Morgan fingerprint density at radius 2 is 1.77 bits per heavy atom. The molecule has 4 aromatic rings. The molecule has 0 saturated heterocycles. The molecule has 9 heteroatoms. The third kappa shape index (κ3) is 4.33. The van der Waals surface area contributed by atoms with Gasteiger partial charge in [0.15, 0.2) is 5.60 Å². The summed E-state index contributed by atoms with van der Waals surface area (Å²) in [6.07, 6.45) is -3.93. The van der Waals surface area contributed by atoms with Crippen molar-refractivity contribution in [3.63, 3.8) is 0 Å². The fourth-order valence-electron chi connectivity index (χ4n) is 5.93. The van der Waals surface area contributed by atoms with Crippen LogP contribution in [0.2, 0.25) is 0 Å². The van der Waals surface area contributed by atoms with E-state index >= 15 is 0 Å². The molecule has 0 fully saturated rings. The Bertz CT molecular complexity index is 1530. The Morgan fingerprint density at radius 1 is 1.08 bits per heavy atom. The minimum absolute atomic E-state index is 0.0851. The van der Waals surface area contributed by atoms with Gasteiger partial charge < -0.3 is 15.2 Å². The molecule has 1 aromatic heterocycles. The Hall–Kier alpha value is -3.59. The molecule has 5 nitrogen and oxygen atoms in total. The summed E-state index contributed by atoms with van der Waals surface area (Å²) in [7, 11) is 1.52. The summed E-state index contributed by atoms with van der Waals surface area (Å²) >= 11 is 0. The molecule has 5 rings (SSSR count). The number of ether oxygens (including phenoxy) is 1. The molecule has 0 bridgehead atoms. The monoisotopic (exact) mass is 541 g/mol. The summed E-state index contributed by atoms with van der Waals surface area (Å²) in [5, 5.41) is 19.5. The molecule has 0 radical (unpaired) electrons. The van der Waals surface area contributed by atoms with Crippen LogP contribution in [0.15, 0.2) is 60.8 Å². The molecule has 0 saturated carbocycles. The number of nitrogens with one attached hydrogen (secondary N) is 1. The normalized spacial score (nSPS) is 20.7. The van der Waals surface area contributed by atoms with Crippen molar-refractivity contribution in [2.45, 2.75) is 63.3 Å². The van der Waals surface area contributed by atoms with Gasteiger partial charge in [-0.15, -0.1) is 0 Å². The number of hydrogen-bond acceptors (Lipinski definition) is 4. The smallest absolute Gasteiger partial charge is 0.419 e. The number of halogens is 4. The number of fused-ring (bicyclic) bond motifs is 2. The number of nitrogens with zero attached hydrogens (tertiary/aromatic N) is 2. The number of hydrogen-bond donors (Lipinski definition) is 2. The first kappa shape index (κ1) is 27.0. The van der Waals surface area contributed by atoms with E-state index in [9.17, 15) is 22.7 Å². The zero-order valence-electron chi connectivity index (χ0n) is 22.4. The van der Waals surface area contributed by atoms with Crippen LogP contribution in [-0.4, -0.2) is 33.8 Å². The Labute approximate surface area is 224 Å². The zero-order valence-corrected chi connectivity index (χ0v) is 22.4. The van der Waals surface area contributed by atoms with Crippen LogP contribution < -0.4 is 10.1 Å². The molecular formula is C30H31F4N3O2. The number of aliphatic hydroxyl groups is 1. The SMILES string of the molecule is COc1c(C(C)C)ccc2c1C(C)(C)CC(O)(C(F)(F)F)C2Nc1cccc2c1cnn2-c1ccc(F)cc1. The first-order valence-electron chi connectivity index (χ1n) is 12.8. The first-order valence-corrected chi connectivity index (χ1v) is 12.8. The van der Waals surface area contributed by atoms with Crippen LogP contribution in [0, 0.1) is 5.82 Å². The zero-order chi connectivity index (χ0) is 28.3. The van der Waals surface area contributed by atoms with Gasteiger partial charge in [0, 0.05) is 16.6 Å². The van der Waals surface area contributed by atoms with E-state index in [2.05, 4.69) is 10.4 Å². The fourth-order valence-corrected chi connectivity index (χ4v) is 5.93. The molecule has 1 aliphatic rings. The van der Waals surface area contributed by atoms with E-state index in [0.717, 1.165) is 5.56 Å². The number of rotatable bonds is 5. The standard InChI is InChI=1S/C30H31F4N3O2/c1-17(2)20-13-14-21-25(26(20)39-5)28(3,4)16-29(38,30(32,33)34)27(21)36-23-7-6-8-24-22(23)15-35-37(24)19-11-9-18(31)10-12-19/h6-15,17,27,36,38H,16H2,1-5H3. The second kappa shape index (κ2) is 9.26. The number of benzene rings is 3. The van der Waals surface area contributed by atoms with Crippen molar-refractivity contribution in [3.8, 4) is 11.4 Å². The van der Waals surface area contributed by atoms with E-state index in [1.807, 2.05) is 13.8 Å². The third-order valence-corrected chi connectivity index (χ3v) is 7.70. The van der Waals surface area contributed by atoms with Gasteiger partial charge in [0.05, 0.1) is 30.6 Å². The second-order valence-corrected chi connectivity index (χ2v) is 11.1. The van der Waals surface area contributed by atoms with Crippen molar-refractivity contribution in [1.82, 2.24) is 9.78 Å². The molecule has 1 aliphatic carbocycles. The largest absolute Gasteiger partial charge is 0.496 e. The Morgan fingerprint density at radius 3 is 2.38 bits per heavy atom. The minimum Gasteiger partial charge on any atom is -0.496 e. The van der Waals surface area contributed by atoms with Crippen molar-refractivity contribution in [2.75, 3.05) is 12.4 Å². The lowest BCUT2D eigenvalue weighted by molar-refractivity contribution is -0.275. The summed E-state index contributed by atoms with van der Waals surface area (Å²) in [5.74, 6) is 0.242. The molecule has 0 spiro atoms. The third-order valence-electron chi connectivity index (χ3n) is 7.70. The van der Waals surface area contributed by atoms with Gasteiger partial charge in [-0.3, -0.25) is 0 Å². The molecule has 39 heavy (non-hydrogen) atoms. The van der Waals surface area contributed by atoms with Crippen LogP contribution in [-0.2, 0) is 5.41 Å². The molecule has 2 atom stereocenters. The maximum atomic E-state index is 14.7. The van der Waals surface area contributed by atoms with Crippen molar-refractivity contribution in [1.29, 1.82) is 0 Å². The van der Waals surface area contributed by atoms with E-state index < -0.39 is 29.7 Å². The van der Waals surface area contributed by atoms with Gasteiger partial charge in [-0.2, -0.15) is 18.3 Å². The molecule has 0 aliphatic heterocycles. The summed E-state index contributed by atoms with van der Waals surface area (Å²) in [4.78, 5) is 0. The first-order chi connectivity index (χ1) is 18.3. The number of methoxy groups -OCH3 is 1. The van der Waals surface area contributed by atoms with Crippen LogP contribution in [0.4, 0.5) is 23.2 Å². The molecular weight excluding hydrogens is 510 g/mol. The number of aromatic nitrogens is 2. The van der Waals surface area contributed by atoms with Gasteiger partial charge in [0.2, 0.25) is 0 Å². The molecule has 2 N–H and O–H groups in total. The van der Waals surface area contributed by atoms with E-state index in [-0.39, 0.29) is 11.7 Å². The maximum Gasteiger partial charge on any atom is 0.419 e. The molecule has 0 amide bonds. The topological polar surface area (TPSA) is 59.3 Å². The van der Waals surface area contributed by atoms with Crippen LogP contribution in [0.1, 0.15) is 62.8 Å². The number of anilines is 1. The van der Waals surface area contributed by atoms with Crippen LogP contribution in [0.3, 0.4) is 0 Å². The van der Waals surface area contributed by atoms with E-state index in [1.54, 1.807) is 67.2 Å². The lowest BCUT2D eigenvalue weighted by atomic mass is 9.62. The molecule has 1 heterocycles. The lowest BCUT2D eigenvalue weighted by Crippen LogP contribution is -2.58. The lowest BCUT2D eigenvalue weighted by Gasteiger charge is -2.49. The average Bonchev–Trinajstić information content (AvgIpc) is 3.30.